The number of hydrogen-bond donors (Lipinski definition) is 1. The minimum Gasteiger partial charge on any atom is -0.485 e. The molecule has 0 aliphatic carbocycles. The average molecular weight is 412 g/mol. The standard InChI is InChI=1S/C19H16N4O3S2/c1-11-20-17(23-26-11)10-25-15-6-4-3-5-13(15)18(24)21-12-7-8-14-16(9-12)28-19(22-14)27-2/h3-9H,10H2,1-2H3,(H,21,24). The predicted octanol–water partition coefficient (Wildman–Crippen LogP) is 4.54. The van der Waals surface area contributed by atoms with Gasteiger partial charge in [0.1, 0.15) is 5.75 Å². The minimum atomic E-state index is -0.256. The number of fused-ring (bicyclic) bond motifs is 1. The Morgan fingerprint density at radius 1 is 1.25 bits per heavy atom. The molecule has 1 amide bonds. The lowest BCUT2D eigenvalue weighted by Gasteiger charge is -2.10. The molecule has 0 aliphatic heterocycles. The maximum absolute atomic E-state index is 12.8. The van der Waals surface area contributed by atoms with E-state index < -0.39 is 0 Å². The Hall–Kier alpha value is -2.91. The Morgan fingerprint density at radius 3 is 2.89 bits per heavy atom. The summed E-state index contributed by atoms with van der Waals surface area (Å²) in [5, 5.41) is 6.72. The highest BCUT2D eigenvalue weighted by Gasteiger charge is 2.14. The largest absolute Gasteiger partial charge is 0.485 e. The predicted molar refractivity (Wildman–Crippen MR) is 109 cm³/mol. The van der Waals surface area contributed by atoms with E-state index in [2.05, 4.69) is 20.4 Å². The number of hydrogen-bond acceptors (Lipinski definition) is 8. The number of carbonyl (C=O) groups excluding carboxylic acids is 1. The van der Waals surface area contributed by atoms with Gasteiger partial charge in [-0.05, 0) is 36.6 Å². The maximum atomic E-state index is 12.8. The van der Waals surface area contributed by atoms with Gasteiger partial charge in [0.05, 0.1) is 15.8 Å². The van der Waals surface area contributed by atoms with Crippen LogP contribution in [0.3, 0.4) is 0 Å². The minimum absolute atomic E-state index is 0.117. The number of thioether (sulfide) groups is 1. The van der Waals surface area contributed by atoms with E-state index in [0.29, 0.717) is 28.7 Å². The molecule has 2 aromatic carbocycles. The molecule has 2 aromatic heterocycles. The molecule has 0 saturated heterocycles. The summed E-state index contributed by atoms with van der Waals surface area (Å²) in [6.45, 7) is 1.83. The molecular formula is C19H16N4O3S2. The molecule has 4 aromatic rings. The van der Waals surface area contributed by atoms with Gasteiger partial charge in [-0.25, -0.2) is 4.98 Å². The lowest BCUT2D eigenvalue weighted by molar-refractivity contribution is 0.102. The Balaban J connectivity index is 1.51. The number of nitrogens with zero attached hydrogens (tertiary/aromatic N) is 3. The van der Waals surface area contributed by atoms with Gasteiger partial charge in [0.15, 0.2) is 10.9 Å². The molecule has 0 atom stereocenters. The maximum Gasteiger partial charge on any atom is 0.259 e. The second-order valence-electron chi connectivity index (χ2n) is 5.83. The van der Waals surface area contributed by atoms with Gasteiger partial charge in [0.2, 0.25) is 11.7 Å². The Morgan fingerprint density at radius 2 is 2.11 bits per heavy atom. The number of anilines is 1. The van der Waals surface area contributed by atoms with Crippen LogP contribution in [0.15, 0.2) is 51.3 Å². The van der Waals surface area contributed by atoms with Gasteiger partial charge >= 0.3 is 0 Å². The van der Waals surface area contributed by atoms with Crippen LogP contribution in [0.2, 0.25) is 0 Å². The second-order valence-corrected chi connectivity index (χ2v) is 7.92. The molecule has 0 bridgehead atoms. The molecule has 0 unspecified atom stereocenters. The number of ether oxygens (including phenoxy) is 1. The molecule has 7 nitrogen and oxygen atoms in total. The van der Waals surface area contributed by atoms with Crippen LogP contribution < -0.4 is 10.1 Å². The van der Waals surface area contributed by atoms with Crippen molar-refractivity contribution in [1.29, 1.82) is 0 Å². The molecule has 2 heterocycles. The first kappa shape index (κ1) is 18.5. The summed E-state index contributed by atoms with van der Waals surface area (Å²) in [7, 11) is 0. The first-order valence-electron chi connectivity index (χ1n) is 8.39. The summed E-state index contributed by atoms with van der Waals surface area (Å²) in [5.74, 6) is 1.08. The van der Waals surface area contributed by atoms with E-state index in [4.69, 9.17) is 9.26 Å². The van der Waals surface area contributed by atoms with E-state index in [0.717, 1.165) is 14.6 Å². The van der Waals surface area contributed by atoms with Crippen LogP contribution in [-0.2, 0) is 6.61 Å². The number of benzene rings is 2. The molecule has 0 spiro atoms. The lowest BCUT2D eigenvalue weighted by Crippen LogP contribution is -2.13. The van der Waals surface area contributed by atoms with Crippen LogP contribution in [-0.4, -0.2) is 27.3 Å². The van der Waals surface area contributed by atoms with Crippen molar-refractivity contribution >= 4 is 44.9 Å². The van der Waals surface area contributed by atoms with Crippen LogP contribution in [0.5, 0.6) is 5.75 Å². The molecule has 1 N–H and O–H groups in total. The van der Waals surface area contributed by atoms with E-state index in [1.807, 2.05) is 24.5 Å². The number of thiazole rings is 1. The zero-order chi connectivity index (χ0) is 19.5. The fraction of sp³-hybridized carbons (Fsp3) is 0.158. The summed E-state index contributed by atoms with van der Waals surface area (Å²) in [6, 6.07) is 12.7. The van der Waals surface area contributed by atoms with Crippen LogP contribution in [0.25, 0.3) is 10.2 Å². The Kier molecular flexibility index (Phi) is 5.27. The monoisotopic (exact) mass is 412 g/mol. The third kappa shape index (κ3) is 4.00. The van der Waals surface area contributed by atoms with Gasteiger partial charge in [0.25, 0.3) is 5.91 Å². The van der Waals surface area contributed by atoms with Crippen molar-refractivity contribution in [2.75, 3.05) is 11.6 Å². The molecule has 28 heavy (non-hydrogen) atoms. The molecule has 4 rings (SSSR count). The first-order valence-corrected chi connectivity index (χ1v) is 10.4. The van der Waals surface area contributed by atoms with Crippen molar-refractivity contribution < 1.29 is 14.1 Å². The van der Waals surface area contributed by atoms with Crippen molar-refractivity contribution in [2.45, 2.75) is 17.9 Å². The smallest absolute Gasteiger partial charge is 0.259 e. The molecule has 0 aliphatic rings. The Bertz CT molecular complexity index is 1140. The summed E-state index contributed by atoms with van der Waals surface area (Å²) < 4.78 is 12.7. The van der Waals surface area contributed by atoms with Gasteiger partial charge in [-0.15, -0.1) is 11.3 Å². The fourth-order valence-corrected chi connectivity index (χ4v) is 4.12. The number of aryl methyl sites for hydroxylation is 1. The third-order valence-electron chi connectivity index (χ3n) is 3.86. The zero-order valence-electron chi connectivity index (χ0n) is 15.1. The summed E-state index contributed by atoms with van der Waals surface area (Å²) in [6.07, 6.45) is 1.99. The highest BCUT2D eigenvalue weighted by atomic mass is 32.2. The van der Waals surface area contributed by atoms with Crippen LogP contribution in [0.1, 0.15) is 22.1 Å². The van der Waals surface area contributed by atoms with Crippen LogP contribution >= 0.6 is 23.1 Å². The lowest BCUT2D eigenvalue weighted by atomic mass is 10.2. The summed E-state index contributed by atoms with van der Waals surface area (Å²) in [4.78, 5) is 21.4. The average Bonchev–Trinajstić information content (AvgIpc) is 3.31. The van der Waals surface area contributed by atoms with E-state index >= 15 is 0 Å². The van der Waals surface area contributed by atoms with Crippen molar-refractivity contribution in [3.63, 3.8) is 0 Å². The van der Waals surface area contributed by atoms with Crippen LogP contribution in [0, 0.1) is 6.92 Å². The van der Waals surface area contributed by atoms with Gasteiger partial charge in [-0.2, -0.15) is 4.98 Å². The SMILES string of the molecule is CSc1nc2ccc(NC(=O)c3ccccc3OCc3noc(C)n3)cc2s1. The second kappa shape index (κ2) is 7.99. The number of amides is 1. The highest BCUT2D eigenvalue weighted by Crippen LogP contribution is 2.30. The summed E-state index contributed by atoms with van der Waals surface area (Å²) >= 11 is 3.20. The van der Waals surface area contributed by atoms with Crippen molar-refractivity contribution in [2.24, 2.45) is 0 Å². The van der Waals surface area contributed by atoms with Crippen molar-refractivity contribution in [3.05, 3.63) is 59.7 Å². The van der Waals surface area contributed by atoms with Gasteiger partial charge in [0, 0.05) is 12.6 Å². The normalized spacial score (nSPS) is 10.9. The van der Waals surface area contributed by atoms with E-state index in [1.54, 1.807) is 54.3 Å². The zero-order valence-corrected chi connectivity index (χ0v) is 16.8. The number of para-hydroxylation sites is 1. The number of nitrogens with one attached hydrogen (secondary N) is 1. The first-order chi connectivity index (χ1) is 13.6. The third-order valence-corrected chi connectivity index (χ3v) is 5.86. The fourth-order valence-electron chi connectivity index (χ4n) is 2.59. The van der Waals surface area contributed by atoms with Gasteiger partial charge in [-0.3, -0.25) is 4.79 Å². The highest BCUT2D eigenvalue weighted by molar-refractivity contribution is 8.00. The number of aromatic nitrogens is 3. The molecule has 142 valence electrons. The quantitative estimate of drug-likeness (QED) is 0.465. The number of rotatable bonds is 6. The number of carbonyl (C=O) groups is 1. The Labute approximate surface area is 169 Å². The van der Waals surface area contributed by atoms with E-state index in [1.165, 1.54) is 0 Å². The van der Waals surface area contributed by atoms with E-state index in [9.17, 15) is 4.79 Å². The topological polar surface area (TPSA) is 90.1 Å². The summed E-state index contributed by atoms with van der Waals surface area (Å²) in [5.41, 5.74) is 2.06. The van der Waals surface area contributed by atoms with Gasteiger partial charge in [-0.1, -0.05) is 29.1 Å². The van der Waals surface area contributed by atoms with E-state index in [-0.39, 0.29) is 12.5 Å². The molecule has 0 radical (unpaired) electrons. The molecular weight excluding hydrogens is 396 g/mol. The molecule has 0 fully saturated rings. The van der Waals surface area contributed by atoms with Crippen molar-refractivity contribution in [1.82, 2.24) is 15.1 Å². The van der Waals surface area contributed by atoms with Crippen molar-refractivity contribution in [3.8, 4) is 5.75 Å². The molecule has 9 heteroatoms. The van der Waals surface area contributed by atoms with Gasteiger partial charge < -0.3 is 14.6 Å². The van der Waals surface area contributed by atoms with Crippen LogP contribution in [0.4, 0.5) is 5.69 Å². The molecule has 0 saturated carbocycles.